The number of aryl methyl sites for hydroxylation is 2. The second-order valence-corrected chi connectivity index (χ2v) is 13.2. The zero-order valence-electron chi connectivity index (χ0n) is 26.6. The van der Waals surface area contributed by atoms with Crippen molar-refractivity contribution in [2.24, 2.45) is 11.8 Å². The van der Waals surface area contributed by atoms with Crippen LogP contribution in [0.1, 0.15) is 42.5 Å². The van der Waals surface area contributed by atoms with Crippen LogP contribution in [-0.2, 0) is 20.6 Å². The van der Waals surface area contributed by atoms with Gasteiger partial charge in [-0.3, -0.25) is 24.2 Å². The zero-order valence-corrected chi connectivity index (χ0v) is 26.6. The van der Waals surface area contributed by atoms with Gasteiger partial charge in [-0.05, 0) is 82.0 Å². The Hall–Kier alpha value is -3.93. The third kappa shape index (κ3) is 5.99. The number of likely N-dealkylation sites (N-methyl/N-ethyl adjacent to an activating group) is 1. The van der Waals surface area contributed by atoms with E-state index in [1.165, 1.54) is 17.9 Å². The molecule has 3 atom stereocenters. The van der Waals surface area contributed by atoms with Gasteiger partial charge in [-0.15, -0.1) is 0 Å². The molecule has 0 spiro atoms. The van der Waals surface area contributed by atoms with E-state index in [0.717, 1.165) is 75.4 Å². The molecule has 4 aliphatic rings. The van der Waals surface area contributed by atoms with E-state index in [2.05, 4.69) is 21.4 Å². The monoisotopic (exact) mass is 638 g/mol. The smallest absolute Gasteiger partial charge is 0.369 e. The summed E-state index contributed by atoms with van der Waals surface area (Å²) >= 11 is 0. The van der Waals surface area contributed by atoms with Crippen LogP contribution in [0.2, 0.25) is 0 Å². The van der Waals surface area contributed by atoms with Crippen LogP contribution >= 0.6 is 0 Å². The lowest BCUT2D eigenvalue weighted by Gasteiger charge is -2.42. The number of rotatable bonds is 5. The Morgan fingerprint density at radius 2 is 1.80 bits per heavy atom. The maximum Gasteiger partial charge on any atom is 0.416 e. The van der Waals surface area contributed by atoms with E-state index >= 15 is 0 Å². The number of benzene rings is 1. The molecule has 3 fully saturated rings. The molecule has 12 heteroatoms. The van der Waals surface area contributed by atoms with Crippen molar-refractivity contribution in [3.8, 4) is 0 Å². The fraction of sp³-hybridized carbons (Fsp3) is 0.529. The van der Waals surface area contributed by atoms with Crippen molar-refractivity contribution in [3.05, 3.63) is 59.8 Å². The quantitative estimate of drug-likeness (QED) is 0.452. The van der Waals surface area contributed by atoms with E-state index in [1.54, 1.807) is 11.9 Å². The van der Waals surface area contributed by atoms with Crippen molar-refractivity contribution in [2.45, 2.75) is 57.8 Å². The Bertz CT molecular complexity index is 1540. The fourth-order valence-corrected chi connectivity index (χ4v) is 7.85. The van der Waals surface area contributed by atoms with Crippen molar-refractivity contribution in [1.82, 2.24) is 14.8 Å². The van der Waals surface area contributed by atoms with Gasteiger partial charge < -0.3 is 14.7 Å². The van der Waals surface area contributed by atoms with E-state index < -0.39 is 29.6 Å². The van der Waals surface area contributed by atoms with Gasteiger partial charge in [0.1, 0.15) is 11.9 Å². The SMILES string of the molecule is C=CC(=O)N1CCC(N2CCC(CN3C[C@H]4CC(=O)N(c5cc(C(F)(F)F)cc(C)n5)[C@@H]4C(=O)N(C)c4cccc(C)c43)CC2)C1. The number of para-hydroxylation sites is 1. The number of likely N-dealkylation sites (tertiary alicyclic amines) is 2. The minimum atomic E-state index is -4.62. The highest BCUT2D eigenvalue weighted by molar-refractivity contribution is 6.10. The number of pyridine rings is 1. The zero-order chi connectivity index (χ0) is 32.9. The minimum absolute atomic E-state index is 0.0202. The first-order valence-corrected chi connectivity index (χ1v) is 16.0. The van der Waals surface area contributed by atoms with Gasteiger partial charge in [-0.2, -0.15) is 13.2 Å². The number of nitrogens with zero attached hydrogens (tertiary/aromatic N) is 6. The second kappa shape index (κ2) is 12.4. The maximum absolute atomic E-state index is 14.1. The molecule has 0 radical (unpaired) electrons. The third-order valence-electron chi connectivity index (χ3n) is 10.2. The molecule has 4 aliphatic heterocycles. The van der Waals surface area contributed by atoms with Crippen molar-refractivity contribution in [3.63, 3.8) is 0 Å². The van der Waals surface area contributed by atoms with Crippen LogP contribution in [0.4, 0.5) is 30.4 Å². The Morgan fingerprint density at radius 1 is 1.07 bits per heavy atom. The number of amides is 3. The van der Waals surface area contributed by atoms with Crippen molar-refractivity contribution in [2.75, 3.05) is 61.0 Å². The van der Waals surface area contributed by atoms with E-state index in [-0.39, 0.29) is 29.7 Å². The fourth-order valence-electron chi connectivity index (χ4n) is 7.85. The summed E-state index contributed by atoms with van der Waals surface area (Å²) < 4.78 is 41.2. The first-order chi connectivity index (χ1) is 21.8. The number of hydrogen-bond donors (Lipinski definition) is 0. The maximum atomic E-state index is 14.1. The van der Waals surface area contributed by atoms with Crippen LogP contribution in [0, 0.1) is 25.7 Å². The van der Waals surface area contributed by atoms with Gasteiger partial charge in [0.05, 0.1) is 16.9 Å². The summed E-state index contributed by atoms with van der Waals surface area (Å²) in [5, 5.41) is 0. The summed E-state index contributed by atoms with van der Waals surface area (Å²) in [4.78, 5) is 53.5. The molecular formula is C34H41F3N6O3. The molecule has 0 N–H and O–H groups in total. The predicted octanol–water partition coefficient (Wildman–Crippen LogP) is 4.42. The molecule has 0 saturated carbocycles. The molecule has 3 amide bonds. The highest BCUT2D eigenvalue weighted by atomic mass is 19.4. The predicted molar refractivity (Wildman–Crippen MR) is 170 cm³/mol. The summed E-state index contributed by atoms with van der Waals surface area (Å²) in [6, 6.07) is 6.99. The lowest BCUT2D eigenvalue weighted by molar-refractivity contribution is -0.137. The van der Waals surface area contributed by atoms with Crippen LogP contribution in [0.15, 0.2) is 43.0 Å². The molecule has 0 aliphatic carbocycles. The number of carbonyl (C=O) groups is 3. The number of anilines is 3. The van der Waals surface area contributed by atoms with Crippen molar-refractivity contribution >= 4 is 34.9 Å². The number of halogens is 3. The van der Waals surface area contributed by atoms with E-state index in [1.807, 2.05) is 30.0 Å². The van der Waals surface area contributed by atoms with Crippen LogP contribution in [0.25, 0.3) is 0 Å². The molecule has 246 valence electrons. The molecule has 1 aromatic heterocycles. The van der Waals surface area contributed by atoms with Crippen LogP contribution in [-0.4, -0.2) is 90.9 Å². The van der Waals surface area contributed by atoms with Gasteiger partial charge in [0.15, 0.2) is 0 Å². The summed E-state index contributed by atoms with van der Waals surface area (Å²) in [7, 11) is 1.67. The molecule has 5 heterocycles. The summed E-state index contributed by atoms with van der Waals surface area (Å²) in [5.41, 5.74) is 1.91. The molecule has 46 heavy (non-hydrogen) atoms. The van der Waals surface area contributed by atoms with Crippen LogP contribution in [0.3, 0.4) is 0 Å². The Kier molecular flexibility index (Phi) is 8.60. The average Bonchev–Trinajstić information content (AvgIpc) is 3.63. The largest absolute Gasteiger partial charge is 0.416 e. The highest BCUT2D eigenvalue weighted by Gasteiger charge is 2.49. The van der Waals surface area contributed by atoms with Crippen LogP contribution < -0.4 is 14.7 Å². The second-order valence-electron chi connectivity index (χ2n) is 13.2. The van der Waals surface area contributed by atoms with E-state index in [0.29, 0.717) is 24.2 Å². The van der Waals surface area contributed by atoms with Crippen molar-refractivity contribution < 1.29 is 27.6 Å². The summed E-state index contributed by atoms with van der Waals surface area (Å²) in [6.07, 6.45) is -0.289. The highest BCUT2D eigenvalue weighted by Crippen LogP contribution is 2.42. The first kappa shape index (κ1) is 32.0. The molecule has 0 bridgehead atoms. The number of fused-ring (bicyclic) bond motifs is 2. The van der Waals surface area contributed by atoms with Gasteiger partial charge in [0, 0.05) is 57.3 Å². The number of carbonyl (C=O) groups excluding carboxylic acids is 3. The lowest BCUT2D eigenvalue weighted by atomic mass is 9.91. The normalized spacial score (nSPS) is 24.6. The van der Waals surface area contributed by atoms with E-state index in [9.17, 15) is 27.6 Å². The topological polar surface area (TPSA) is 80.3 Å². The average molecular weight is 639 g/mol. The van der Waals surface area contributed by atoms with Crippen LogP contribution in [0.5, 0.6) is 0 Å². The molecule has 3 saturated heterocycles. The van der Waals surface area contributed by atoms with E-state index in [4.69, 9.17) is 0 Å². The van der Waals surface area contributed by atoms with Gasteiger partial charge in [-0.1, -0.05) is 18.7 Å². The minimum Gasteiger partial charge on any atom is -0.369 e. The van der Waals surface area contributed by atoms with Gasteiger partial charge >= 0.3 is 6.18 Å². The number of hydrogen-bond acceptors (Lipinski definition) is 6. The first-order valence-electron chi connectivity index (χ1n) is 16.0. The standard InChI is InChI=1S/C34H41F3N6O3/c1-5-29(44)41-14-11-26(20-41)40-12-9-23(10-13-40)18-42-19-24-16-30(45)43(28-17-25(34(35,36)37)15-22(3)38-28)32(24)33(46)39(4)27-8-6-7-21(2)31(27)42/h5-8,15,17,23-24,26,32H,1,9-14,16,18-20H2,2-4H3/t24-,26?,32+/m1/s1. The van der Waals surface area contributed by atoms with Crippen molar-refractivity contribution in [1.29, 1.82) is 0 Å². The Balaban J connectivity index is 1.26. The number of alkyl halides is 3. The molecule has 6 rings (SSSR count). The third-order valence-corrected chi connectivity index (χ3v) is 10.2. The van der Waals surface area contributed by atoms with Gasteiger partial charge in [0.2, 0.25) is 17.7 Å². The Labute approximate surface area is 267 Å². The molecule has 2 aromatic rings. The van der Waals surface area contributed by atoms with Gasteiger partial charge in [0.25, 0.3) is 0 Å². The summed E-state index contributed by atoms with van der Waals surface area (Å²) in [5.74, 6) is -0.966. The Morgan fingerprint density at radius 3 is 2.50 bits per heavy atom. The molecule has 9 nitrogen and oxygen atoms in total. The molecular weight excluding hydrogens is 597 g/mol. The molecule has 1 unspecified atom stereocenters. The molecule has 1 aromatic carbocycles. The number of piperidine rings is 1. The van der Waals surface area contributed by atoms with Gasteiger partial charge in [-0.25, -0.2) is 4.98 Å². The summed E-state index contributed by atoms with van der Waals surface area (Å²) in [6.45, 7) is 11.6. The number of aromatic nitrogens is 1. The lowest BCUT2D eigenvalue weighted by Crippen LogP contribution is -2.53.